The van der Waals surface area contributed by atoms with Crippen molar-refractivity contribution >= 4 is 5.91 Å². The van der Waals surface area contributed by atoms with E-state index >= 15 is 0 Å². The van der Waals surface area contributed by atoms with Crippen molar-refractivity contribution in [1.29, 1.82) is 0 Å². The fourth-order valence-corrected chi connectivity index (χ4v) is 2.99. The molecule has 1 aliphatic heterocycles. The molecule has 3 heteroatoms. The number of rotatable bonds is 3. The Morgan fingerprint density at radius 3 is 2.94 bits per heavy atom. The van der Waals surface area contributed by atoms with Crippen molar-refractivity contribution in [2.45, 2.75) is 51.5 Å². The maximum absolute atomic E-state index is 11.4. The van der Waals surface area contributed by atoms with Gasteiger partial charge in [-0.2, -0.15) is 0 Å². The third kappa shape index (κ3) is 3.21. The van der Waals surface area contributed by atoms with Gasteiger partial charge in [0.1, 0.15) is 0 Å². The zero-order chi connectivity index (χ0) is 11.4. The molecule has 1 heterocycles. The fraction of sp³-hybridized carbons (Fsp3) is 0.923. The molecule has 3 atom stereocenters. The van der Waals surface area contributed by atoms with Gasteiger partial charge in [-0.25, -0.2) is 0 Å². The summed E-state index contributed by atoms with van der Waals surface area (Å²) in [6.07, 6.45) is 7.06. The molecular weight excluding hydrogens is 200 g/mol. The molecule has 1 saturated heterocycles. The highest BCUT2D eigenvalue weighted by Crippen LogP contribution is 2.30. The van der Waals surface area contributed by atoms with Crippen LogP contribution in [-0.4, -0.2) is 25.0 Å². The Labute approximate surface area is 98.4 Å². The minimum atomic E-state index is 0.217. The van der Waals surface area contributed by atoms with Crippen LogP contribution in [0.4, 0.5) is 0 Å². The number of carbonyl (C=O) groups is 1. The van der Waals surface area contributed by atoms with Gasteiger partial charge in [0.25, 0.3) is 0 Å². The van der Waals surface area contributed by atoms with Gasteiger partial charge in [0.2, 0.25) is 5.91 Å². The molecule has 1 amide bonds. The summed E-state index contributed by atoms with van der Waals surface area (Å²) in [5.41, 5.74) is 0. The van der Waals surface area contributed by atoms with Crippen LogP contribution < -0.4 is 10.6 Å². The number of hydrogen-bond donors (Lipinski definition) is 2. The molecule has 0 aromatic rings. The summed E-state index contributed by atoms with van der Waals surface area (Å²) in [6, 6.07) is 0.412. The van der Waals surface area contributed by atoms with Crippen molar-refractivity contribution in [3.8, 4) is 0 Å². The molecule has 0 spiro atoms. The quantitative estimate of drug-likeness (QED) is 0.766. The molecule has 1 aliphatic carbocycles. The summed E-state index contributed by atoms with van der Waals surface area (Å²) in [5, 5.41) is 6.54. The molecule has 2 rings (SSSR count). The summed E-state index contributed by atoms with van der Waals surface area (Å²) in [7, 11) is 0. The van der Waals surface area contributed by atoms with E-state index in [-0.39, 0.29) is 5.91 Å². The van der Waals surface area contributed by atoms with Crippen LogP contribution in [0, 0.1) is 11.8 Å². The molecule has 2 aliphatic rings. The molecule has 2 fully saturated rings. The second kappa shape index (κ2) is 5.67. The zero-order valence-electron chi connectivity index (χ0n) is 10.3. The average molecular weight is 224 g/mol. The molecular formula is C13H24N2O. The highest BCUT2D eigenvalue weighted by atomic mass is 16.1. The van der Waals surface area contributed by atoms with Crippen LogP contribution >= 0.6 is 0 Å². The van der Waals surface area contributed by atoms with Gasteiger partial charge in [0.05, 0.1) is 0 Å². The maximum Gasteiger partial charge on any atom is 0.221 e. The molecule has 3 unspecified atom stereocenters. The van der Waals surface area contributed by atoms with E-state index in [2.05, 4.69) is 17.6 Å². The van der Waals surface area contributed by atoms with Gasteiger partial charge >= 0.3 is 0 Å². The second-order valence-electron chi connectivity index (χ2n) is 5.47. The number of carbonyl (C=O) groups excluding carboxylic acids is 1. The zero-order valence-corrected chi connectivity index (χ0v) is 10.3. The molecule has 1 saturated carbocycles. The van der Waals surface area contributed by atoms with Gasteiger partial charge in [-0.3, -0.25) is 4.79 Å². The number of hydrogen-bond acceptors (Lipinski definition) is 2. The predicted octanol–water partition coefficient (Wildman–Crippen LogP) is 1.68. The van der Waals surface area contributed by atoms with E-state index in [9.17, 15) is 4.79 Å². The van der Waals surface area contributed by atoms with Gasteiger partial charge < -0.3 is 10.6 Å². The predicted molar refractivity (Wildman–Crippen MR) is 65.2 cm³/mol. The summed E-state index contributed by atoms with van der Waals surface area (Å²) in [4.78, 5) is 11.4. The fourth-order valence-electron chi connectivity index (χ4n) is 2.99. The third-order valence-corrected chi connectivity index (χ3v) is 4.19. The average Bonchev–Trinajstić information content (AvgIpc) is 2.54. The smallest absolute Gasteiger partial charge is 0.221 e. The highest BCUT2D eigenvalue weighted by molar-refractivity contribution is 5.76. The molecule has 0 radical (unpaired) electrons. The minimum Gasteiger partial charge on any atom is -0.356 e. The summed E-state index contributed by atoms with van der Waals surface area (Å²) >= 11 is 0. The van der Waals surface area contributed by atoms with E-state index in [1.807, 2.05) is 0 Å². The molecule has 3 nitrogen and oxygen atoms in total. The Bertz CT molecular complexity index is 242. The second-order valence-corrected chi connectivity index (χ2v) is 5.47. The standard InChI is InChI=1S/C13H24N2O/c1-10-4-2-5-11(10)9-15-12-6-3-7-14-13(16)8-12/h10-12,15H,2-9H2,1H3,(H,14,16). The Morgan fingerprint density at radius 2 is 2.19 bits per heavy atom. The van der Waals surface area contributed by atoms with Crippen molar-refractivity contribution in [2.24, 2.45) is 11.8 Å². The third-order valence-electron chi connectivity index (χ3n) is 4.19. The minimum absolute atomic E-state index is 0.217. The first kappa shape index (κ1) is 11.9. The topological polar surface area (TPSA) is 41.1 Å². The van der Waals surface area contributed by atoms with Crippen LogP contribution in [0.1, 0.15) is 45.4 Å². The van der Waals surface area contributed by atoms with Crippen LogP contribution in [0.5, 0.6) is 0 Å². The van der Waals surface area contributed by atoms with E-state index in [1.54, 1.807) is 0 Å². The van der Waals surface area contributed by atoms with Crippen LogP contribution in [-0.2, 0) is 4.79 Å². The first-order valence-electron chi connectivity index (χ1n) is 6.76. The van der Waals surface area contributed by atoms with Gasteiger partial charge in [0.15, 0.2) is 0 Å². The van der Waals surface area contributed by atoms with Crippen molar-refractivity contribution in [1.82, 2.24) is 10.6 Å². The van der Waals surface area contributed by atoms with Crippen LogP contribution in [0.25, 0.3) is 0 Å². The summed E-state index contributed by atoms with van der Waals surface area (Å²) in [6.45, 7) is 4.33. The molecule has 16 heavy (non-hydrogen) atoms. The lowest BCUT2D eigenvalue weighted by Crippen LogP contribution is -2.36. The van der Waals surface area contributed by atoms with E-state index in [4.69, 9.17) is 0 Å². The first-order valence-corrected chi connectivity index (χ1v) is 6.76. The van der Waals surface area contributed by atoms with E-state index in [0.717, 1.165) is 37.8 Å². The summed E-state index contributed by atoms with van der Waals surface area (Å²) in [5.74, 6) is 1.92. The van der Waals surface area contributed by atoms with Crippen molar-refractivity contribution in [3.05, 3.63) is 0 Å². The Hall–Kier alpha value is -0.570. The van der Waals surface area contributed by atoms with E-state index < -0.39 is 0 Å². The van der Waals surface area contributed by atoms with Crippen LogP contribution in [0.15, 0.2) is 0 Å². The van der Waals surface area contributed by atoms with Gasteiger partial charge in [-0.1, -0.05) is 19.8 Å². The maximum atomic E-state index is 11.4. The lowest BCUT2D eigenvalue weighted by atomic mass is 9.97. The van der Waals surface area contributed by atoms with Crippen molar-refractivity contribution in [3.63, 3.8) is 0 Å². The molecule has 92 valence electrons. The highest BCUT2D eigenvalue weighted by Gasteiger charge is 2.24. The Kier molecular flexibility index (Phi) is 4.22. The SMILES string of the molecule is CC1CCCC1CNC1CCCNC(=O)C1. The van der Waals surface area contributed by atoms with Gasteiger partial charge in [-0.15, -0.1) is 0 Å². The summed E-state index contributed by atoms with van der Waals surface area (Å²) < 4.78 is 0. The normalized spacial score (nSPS) is 35.8. The van der Waals surface area contributed by atoms with Crippen molar-refractivity contribution < 1.29 is 4.79 Å². The number of amides is 1. The molecule has 0 bridgehead atoms. The van der Waals surface area contributed by atoms with E-state index in [0.29, 0.717) is 12.5 Å². The lowest BCUT2D eigenvalue weighted by Gasteiger charge is -2.21. The Balaban J connectivity index is 1.73. The Morgan fingerprint density at radius 1 is 1.31 bits per heavy atom. The molecule has 0 aromatic carbocycles. The monoisotopic (exact) mass is 224 g/mol. The first-order chi connectivity index (χ1) is 7.75. The largest absolute Gasteiger partial charge is 0.356 e. The van der Waals surface area contributed by atoms with E-state index in [1.165, 1.54) is 19.3 Å². The van der Waals surface area contributed by atoms with Gasteiger partial charge in [-0.05, 0) is 37.6 Å². The van der Waals surface area contributed by atoms with Crippen molar-refractivity contribution in [2.75, 3.05) is 13.1 Å². The van der Waals surface area contributed by atoms with Crippen LogP contribution in [0.3, 0.4) is 0 Å². The van der Waals surface area contributed by atoms with Crippen LogP contribution in [0.2, 0.25) is 0 Å². The molecule has 0 aromatic heterocycles. The molecule has 2 N–H and O–H groups in total. The van der Waals surface area contributed by atoms with Gasteiger partial charge in [0, 0.05) is 19.0 Å². The lowest BCUT2D eigenvalue weighted by molar-refractivity contribution is -0.121. The number of nitrogens with one attached hydrogen (secondary N) is 2.